The number of hydrogen-bond donors (Lipinski definition) is 0. The van der Waals surface area contributed by atoms with Crippen LogP contribution in [-0.4, -0.2) is 23.3 Å². The van der Waals surface area contributed by atoms with Crippen LogP contribution in [0.4, 0.5) is 5.69 Å². The Morgan fingerprint density at radius 2 is 1.72 bits per heavy atom. The smallest absolute Gasteiger partial charge is 0.342 e. The molecular weight excluding hydrogens is 374 g/mol. The van der Waals surface area contributed by atoms with E-state index in [1.807, 2.05) is 0 Å². The lowest BCUT2D eigenvalue weighted by atomic mass is 10.0. The van der Waals surface area contributed by atoms with Gasteiger partial charge in [0.25, 0.3) is 5.69 Å². The molecule has 0 aliphatic heterocycles. The highest BCUT2D eigenvalue weighted by Gasteiger charge is 2.22. The van der Waals surface area contributed by atoms with Crippen LogP contribution in [-0.2, 0) is 9.53 Å². The predicted octanol–water partition coefficient (Wildman–Crippen LogP) is 4.68. The number of ketones is 1. The number of benzene rings is 2. The number of non-ortho nitro benzene ring substituents is 1. The highest BCUT2D eigenvalue weighted by molar-refractivity contribution is 6.26. The van der Waals surface area contributed by atoms with Crippen molar-refractivity contribution in [1.29, 1.82) is 0 Å². The van der Waals surface area contributed by atoms with Gasteiger partial charge in [0.05, 0.1) is 11.5 Å². The summed E-state index contributed by atoms with van der Waals surface area (Å²) in [4.78, 5) is 35.4. The van der Waals surface area contributed by atoms with Gasteiger partial charge in [-0.3, -0.25) is 14.9 Å². The molecule has 7 heteroatoms. The number of nitro benzene ring substituents is 1. The van der Waals surface area contributed by atoms with E-state index in [0.717, 1.165) is 0 Å². The number of esters is 1. The molecule has 146 valence electrons. The highest BCUT2D eigenvalue weighted by atomic mass is 16.6. The minimum Gasteiger partial charge on any atom is -0.462 e. The Labute approximate surface area is 166 Å². The molecule has 0 fully saturated rings. The first kappa shape index (κ1) is 19.8. The van der Waals surface area contributed by atoms with E-state index in [9.17, 15) is 19.7 Å². The van der Waals surface area contributed by atoms with Crippen LogP contribution < -0.4 is 0 Å². The van der Waals surface area contributed by atoms with Crippen molar-refractivity contribution in [2.24, 2.45) is 0 Å². The Morgan fingerprint density at radius 1 is 1.03 bits per heavy atom. The molecule has 29 heavy (non-hydrogen) atoms. The van der Waals surface area contributed by atoms with E-state index in [-0.39, 0.29) is 23.6 Å². The number of rotatable bonds is 7. The first-order chi connectivity index (χ1) is 14.0. The summed E-state index contributed by atoms with van der Waals surface area (Å²) in [5.74, 6) is -0.487. The normalized spacial score (nSPS) is 11.1. The van der Waals surface area contributed by atoms with Crippen LogP contribution in [0.2, 0.25) is 0 Å². The van der Waals surface area contributed by atoms with Gasteiger partial charge in [-0.05, 0) is 37.3 Å². The van der Waals surface area contributed by atoms with E-state index < -0.39 is 16.7 Å². The fourth-order valence-corrected chi connectivity index (χ4v) is 2.65. The molecule has 0 bridgehead atoms. The Hall–Kier alpha value is -4.00. The fraction of sp³-hybridized carbons (Fsp3) is 0.0909. The Bertz CT molecular complexity index is 1060. The third kappa shape index (κ3) is 4.65. The third-order valence-electron chi connectivity index (χ3n) is 4.05. The molecule has 0 spiro atoms. The molecule has 0 aliphatic rings. The Morgan fingerprint density at radius 3 is 2.34 bits per heavy atom. The van der Waals surface area contributed by atoms with Crippen molar-refractivity contribution in [3.05, 3.63) is 93.7 Å². The molecule has 1 aromatic heterocycles. The summed E-state index contributed by atoms with van der Waals surface area (Å²) in [5.41, 5.74) is 0.803. The lowest BCUT2D eigenvalue weighted by Crippen LogP contribution is -2.16. The lowest BCUT2D eigenvalue weighted by Gasteiger charge is -2.06. The second kappa shape index (κ2) is 8.79. The van der Waals surface area contributed by atoms with Crippen LogP contribution in [0.25, 0.3) is 17.4 Å². The van der Waals surface area contributed by atoms with Crippen LogP contribution in [0, 0.1) is 10.1 Å². The molecule has 0 amide bonds. The van der Waals surface area contributed by atoms with E-state index in [4.69, 9.17) is 9.15 Å². The van der Waals surface area contributed by atoms with E-state index >= 15 is 0 Å². The van der Waals surface area contributed by atoms with E-state index in [2.05, 4.69) is 0 Å². The van der Waals surface area contributed by atoms with Crippen molar-refractivity contribution in [1.82, 2.24) is 0 Å². The van der Waals surface area contributed by atoms with Crippen molar-refractivity contribution < 1.29 is 23.7 Å². The molecule has 0 N–H and O–H groups in total. The van der Waals surface area contributed by atoms with Crippen LogP contribution >= 0.6 is 0 Å². The Balaban J connectivity index is 1.93. The van der Waals surface area contributed by atoms with E-state index in [1.165, 1.54) is 18.2 Å². The van der Waals surface area contributed by atoms with Crippen molar-refractivity contribution in [3.8, 4) is 11.3 Å². The fourth-order valence-electron chi connectivity index (χ4n) is 2.65. The molecular formula is C22H17NO6. The van der Waals surface area contributed by atoms with Gasteiger partial charge in [0.15, 0.2) is 5.78 Å². The summed E-state index contributed by atoms with van der Waals surface area (Å²) < 4.78 is 10.7. The summed E-state index contributed by atoms with van der Waals surface area (Å²) in [5, 5.41) is 10.8. The molecule has 0 saturated heterocycles. The number of furan rings is 1. The number of ether oxygens (including phenoxy) is 1. The molecule has 0 unspecified atom stereocenters. The number of carbonyl (C=O) groups excluding carboxylic acids is 2. The van der Waals surface area contributed by atoms with E-state index in [1.54, 1.807) is 61.5 Å². The standard InChI is InChI=1S/C22H17NO6/c1-2-28-22(25)19(21(24)16-6-4-3-5-7-16)14-18-12-13-20(29-18)15-8-10-17(11-9-15)23(26)27/h3-14H,2H2,1H3/b19-14-. The molecule has 0 aliphatic carbocycles. The average molecular weight is 391 g/mol. The summed E-state index contributed by atoms with van der Waals surface area (Å²) in [7, 11) is 0. The quantitative estimate of drug-likeness (QED) is 0.110. The number of nitro groups is 1. The van der Waals surface area contributed by atoms with Gasteiger partial charge in [-0.15, -0.1) is 0 Å². The summed E-state index contributed by atoms with van der Waals surface area (Å²) in [6.45, 7) is 1.78. The largest absolute Gasteiger partial charge is 0.462 e. The highest BCUT2D eigenvalue weighted by Crippen LogP contribution is 2.26. The zero-order valence-corrected chi connectivity index (χ0v) is 15.5. The number of Topliss-reactive ketones (excluding diaryl/α,β-unsaturated/α-hetero) is 1. The first-order valence-corrected chi connectivity index (χ1v) is 8.83. The first-order valence-electron chi connectivity index (χ1n) is 8.83. The minimum atomic E-state index is -0.741. The van der Waals surface area contributed by atoms with Crippen molar-refractivity contribution in [3.63, 3.8) is 0 Å². The zero-order chi connectivity index (χ0) is 20.8. The van der Waals surface area contributed by atoms with Crippen molar-refractivity contribution in [2.45, 2.75) is 6.92 Å². The minimum absolute atomic E-state index is 0.0292. The maximum atomic E-state index is 12.8. The molecule has 1 heterocycles. The van der Waals surface area contributed by atoms with Gasteiger partial charge in [-0.25, -0.2) is 4.79 Å². The van der Waals surface area contributed by atoms with Gasteiger partial charge >= 0.3 is 5.97 Å². The number of carbonyl (C=O) groups is 2. The molecule has 3 rings (SSSR count). The van der Waals surface area contributed by atoms with Gasteiger partial charge in [-0.2, -0.15) is 0 Å². The summed E-state index contributed by atoms with van der Waals surface area (Å²) in [6, 6.07) is 17.5. The van der Waals surface area contributed by atoms with Gasteiger partial charge in [0.2, 0.25) is 0 Å². The SMILES string of the molecule is CCOC(=O)/C(=C\c1ccc(-c2ccc([N+](=O)[O-])cc2)o1)C(=O)c1ccccc1. The third-order valence-corrected chi connectivity index (χ3v) is 4.05. The van der Waals surface area contributed by atoms with Crippen molar-refractivity contribution in [2.75, 3.05) is 6.61 Å². The maximum Gasteiger partial charge on any atom is 0.342 e. The van der Waals surface area contributed by atoms with Gasteiger partial charge in [0.1, 0.15) is 17.1 Å². The molecule has 3 aromatic rings. The molecule has 7 nitrogen and oxygen atoms in total. The topological polar surface area (TPSA) is 99.7 Å². The Kier molecular flexibility index (Phi) is 5.99. The average Bonchev–Trinajstić information content (AvgIpc) is 3.21. The number of hydrogen-bond acceptors (Lipinski definition) is 6. The second-order valence-corrected chi connectivity index (χ2v) is 5.98. The molecule has 2 aromatic carbocycles. The number of nitrogens with zero attached hydrogens (tertiary/aromatic N) is 1. The van der Waals surface area contributed by atoms with Gasteiger partial charge in [0, 0.05) is 23.3 Å². The van der Waals surface area contributed by atoms with E-state index in [0.29, 0.717) is 16.9 Å². The van der Waals surface area contributed by atoms with Gasteiger partial charge in [-0.1, -0.05) is 30.3 Å². The van der Waals surface area contributed by atoms with Crippen LogP contribution in [0.5, 0.6) is 0 Å². The molecule has 0 saturated carbocycles. The maximum absolute atomic E-state index is 12.8. The molecule has 0 atom stereocenters. The van der Waals surface area contributed by atoms with Crippen molar-refractivity contribution >= 4 is 23.5 Å². The van der Waals surface area contributed by atoms with Gasteiger partial charge < -0.3 is 9.15 Å². The summed E-state index contributed by atoms with van der Waals surface area (Å²) in [6.07, 6.45) is 1.34. The summed E-state index contributed by atoms with van der Waals surface area (Å²) >= 11 is 0. The van der Waals surface area contributed by atoms with Crippen LogP contribution in [0.15, 0.2) is 76.7 Å². The van der Waals surface area contributed by atoms with Crippen LogP contribution in [0.1, 0.15) is 23.0 Å². The molecule has 0 radical (unpaired) electrons. The lowest BCUT2D eigenvalue weighted by molar-refractivity contribution is -0.384. The monoisotopic (exact) mass is 391 g/mol. The second-order valence-electron chi connectivity index (χ2n) is 5.98. The van der Waals surface area contributed by atoms with Crippen LogP contribution in [0.3, 0.4) is 0 Å². The predicted molar refractivity (Wildman–Crippen MR) is 106 cm³/mol. The zero-order valence-electron chi connectivity index (χ0n) is 15.5.